The summed E-state index contributed by atoms with van der Waals surface area (Å²) in [6.45, 7) is 5.73. The molecule has 2 rings (SSSR count). The van der Waals surface area contributed by atoms with Crippen LogP contribution in [-0.2, 0) is 22.5 Å². The molecule has 0 atom stereocenters. The Morgan fingerprint density at radius 2 is 2.05 bits per heavy atom. The summed E-state index contributed by atoms with van der Waals surface area (Å²) in [6.07, 6.45) is 0.921. The van der Waals surface area contributed by atoms with Crippen LogP contribution in [0.1, 0.15) is 25.0 Å². The van der Waals surface area contributed by atoms with Gasteiger partial charge in [-0.3, -0.25) is 4.79 Å². The van der Waals surface area contributed by atoms with Crippen molar-refractivity contribution in [3.8, 4) is 0 Å². The minimum absolute atomic E-state index is 0.0405. The van der Waals surface area contributed by atoms with Gasteiger partial charge in [-0.2, -0.15) is 0 Å². The van der Waals surface area contributed by atoms with Gasteiger partial charge in [0.25, 0.3) is 0 Å². The summed E-state index contributed by atoms with van der Waals surface area (Å²) in [5.74, 6) is 0.0405. The number of amides is 1. The molecule has 1 aliphatic rings. The summed E-state index contributed by atoms with van der Waals surface area (Å²) < 4.78 is 5.38. The minimum Gasteiger partial charge on any atom is -0.370 e. The van der Waals surface area contributed by atoms with Crippen LogP contribution in [0.5, 0.6) is 0 Å². The first kappa shape index (κ1) is 14.0. The number of ether oxygens (including phenoxy) is 1. The van der Waals surface area contributed by atoms with Crippen LogP contribution in [0.3, 0.4) is 0 Å². The predicted octanol–water partition coefficient (Wildman–Crippen LogP) is 1.33. The molecule has 1 amide bonds. The van der Waals surface area contributed by atoms with Crippen molar-refractivity contribution in [1.82, 2.24) is 4.90 Å². The molecule has 4 nitrogen and oxygen atoms in total. The average Bonchev–Trinajstić information content (AvgIpc) is 2.36. The van der Waals surface area contributed by atoms with Crippen molar-refractivity contribution in [3.05, 3.63) is 35.4 Å². The fraction of sp³-hybridized carbons (Fsp3) is 0.533. The highest BCUT2D eigenvalue weighted by Gasteiger charge is 2.21. The third-order valence-corrected chi connectivity index (χ3v) is 3.18. The van der Waals surface area contributed by atoms with E-state index >= 15 is 0 Å². The standard InChI is InChI=1S/C15H22N2O2/c1-15(2,16)11-19-10-14(18)17-8-7-12-5-3-4-6-13(12)9-17/h3-6H,7-11,16H2,1-2H3. The maximum absolute atomic E-state index is 12.1. The zero-order chi connectivity index (χ0) is 13.9. The van der Waals surface area contributed by atoms with Crippen LogP contribution in [0, 0.1) is 0 Å². The summed E-state index contributed by atoms with van der Waals surface area (Å²) in [6, 6.07) is 8.27. The van der Waals surface area contributed by atoms with Crippen molar-refractivity contribution in [3.63, 3.8) is 0 Å². The highest BCUT2D eigenvalue weighted by molar-refractivity contribution is 5.77. The zero-order valence-electron chi connectivity index (χ0n) is 11.7. The average molecular weight is 262 g/mol. The Bertz CT molecular complexity index is 452. The summed E-state index contributed by atoms with van der Waals surface area (Å²) in [7, 11) is 0. The Labute approximate surface area is 114 Å². The molecule has 1 aromatic rings. The minimum atomic E-state index is -0.394. The van der Waals surface area contributed by atoms with Gasteiger partial charge in [0.05, 0.1) is 6.61 Å². The Kier molecular flexibility index (Phi) is 4.22. The molecule has 0 bridgehead atoms. The molecule has 0 radical (unpaired) electrons. The molecule has 104 valence electrons. The number of benzene rings is 1. The normalized spacial score (nSPS) is 15.2. The van der Waals surface area contributed by atoms with Crippen molar-refractivity contribution >= 4 is 5.91 Å². The first-order chi connectivity index (χ1) is 8.96. The lowest BCUT2D eigenvalue weighted by Gasteiger charge is -2.29. The third kappa shape index (κ3) is 4.04. The van der Waals surface area contributed by atoms with E-state index < -0.39 is 5.54 Å². The van der Waals surface area contributed by atoms with E-state index in [1.54, 1.807) is 0 Å². The second-order valence-electron chi connectivity index (χ2n) is 5.82. The van der Waals surface area contributed by atoms with Crippen LogP contribution in [0.25, 0.3) is 0 Å². The number of hydrogen-bond donors (Lipinski definition) is 1. The molecule has 0 aliphatic carbocycles. The lowest BCUT2D eigenvalue weighted by molar-refractivity contribution is -0.137. The molecule has 19 heavy (non-hydrogen) atoms. The van der Waals surface area contributed by atoms with Crippen molar-refractivity contribution in [1.29, 1.82) is 0 Å². The van der Waals surface area contributed by atoms with Crippen LogP contribution in [0.4, 0.5) is 0 Å². The second kappa shape index (κ2) is 5.72. The van der Waals surface area contributed by atoms with E-state index in [1.807, 2.05) is 30.9 Å². The number of hydrogen-bond acceptors (Lipinski definition) is 3. The van der Waals surface area contributed by atoms with E-state index in [4.69, 9.17) is 10.5 Å². The van der Waals surface area contributed by atoms with Crippen LogP contribution in [0.15, 0.2) is 24.3 Å². The molecule has 0 unspecified atom stereocenters. The smallest absolute Gasteiger partial charge is 0.248 e. The number of nitrogens with two attached hydrogens (primary N) is 1. The van der Waals surface area contributed by atoms with E-state index in [0.717, 1.165) is 13.0 Å². The highest BCUT2D eigenvalue weighted by Crippen LogP contribution is 2.18. The molecule has 2 N–H and O–H groups in total. The molecule has 0 spiro atoms. The van der Waals surface area contributed by atoms with Gasteiger partial charge in [-0.15, -0.1) is 0 Å². The summed E-state index contributed by atoms with van der Waals surface area (Å²) >= 11 is 0. The lowest BCUT2D eigenvalue weighted by atomic mass is 10.00. The fourth-order valence-electron chi connectivity index (χ4n) is 2.20. The van der Waals surface area contributed by atoms with E-state index in [1.165, 1.54) is 11.1 Å². The molecule has 0 aromatic heterocycles. The first-order valence-electron chi connectivity index (χ1n) is 6.67. The fourth-order valence-corrected chi connectivity index (χ4v) is 2.20. The lowest BCUT2D eigenvalue weighted by Crippen LogP contribution is -2.41. The number of fused-ring (bicyclic) bond motifs is 1. The molecule has 1 aliphatic heterocycles. The maximum Gasteiger partial charge on any atom is 0.248 e. The van der Waals surface area contributed by atoms with E-state index in [9.17, 15) is 4.79 Å². The van der Waals surface area contributed by atoms with Gasteiger partial charge in [0.15, 0.2) is 0 Å². The third-order valence-electron chi connectivity index (χ3n) is 3.18. The Morgan fingerprint density at radius 3 is 2.74 bits per heavy atom. The number of nitrogens with zero attached hydrogens (tertiary/aromatic N) is 1. The molecular formula is C15H22N2O2. The number of carbonyl (C=O) groups excluding carboxylic acids is 1. The van der Waals surface area contributed by atoms with E-state index in [2.05, 4.69) is 12.1 Å². The quantitative estimate of drug-likeness (QED) is 0.890. The van der Waals surface area contributed by atoms with Crippen LogP contribution in [-0.4, -0.2) is 36.1 Å². The van der Waals surface area contributed by atoms with Gasteiger partial charge >= 0.3 is 0 Å². The number of rotatable bonds is 4. The summed E-state index contributed by atoms with van der Waals surface area (Å²) in [5.41, 5.74) is 8.00. The van der Waals surface area contributed by atoms with Crippen molar-refractivity contribution in [2.24, 2.45) is 5.73 Å². The van der Waals surface area contributed by atoms with Gasteiger partial charge in [0.2, 0.25) is 5.91 Å². The molecular weight excluding hydrogens is 240 g/mol. The monoisotopic (exact) mass is 262 g/mol. The topological polar surface area (TPSA) is 55.6 Å². The zero-order valence-corrected chi connectivity index (χ0v) is 11.7. The predicted molar refractivity (Wildman–Crippen MR) is 74.6 cm³/mol. The molecule has 0 saturated heterocycles. The van der Waals surface area contributed by atoms with E-state index in [0.29, 0.717) is 13.2 Å². The van der Waals surface area contributed by atoms with Gasteiger partial charge in [-0.05, 0) is 31.4 Å². The van der Waals surface area contributed by atoms with Gasteiger partial charge in [-0.1, -0.05) is 24.3 Å². The highest BCUT2D eigenvalue weighted by atomic mass is 16.5. The Morgan fingerprint density at radius 1 is 1.37 bits per heavy atom. The molecule has 1 aromatic carbocycles. The largest absolute Gasteiger partial charge is 0.370 e. The van der Waals surface area contributed by atoms with Crippen LogP contribution >= 0.6 is 0 Å². The Balaban J connectivity index is 1.85. The van der Waals surface area contributed by atoms with Gasteiger partial charge < -0.3 is 15.4 Å². The van der Waals surface area contributed by atoms with Crippen LogP contribution < -0.4 is 5.73 Å². The summed E-state index contributed by atoms with van der Waals surface area (Å²) in [5, 5.41) is 0. The van der Waals surface area contributed by atoms with E-state index in [-0.39, 0.29) is 12.5 Å². The van der Waals surface area contributed by atoms with Gasteiger partial charge in [0, 0.05) is 18.6 Å². The molecule has 1 heterocycles. The maximum atomic E-state index is 12.1. The number of carbonyl (C=O) groups is 1. The van der Waals surface area contributed by atoms with Crippen LogP contribution in [0.2, 0.25) is 0 Å². The summed E-state index contributed by atoms with van der Waals surface area (Å²) in [4.78, 5) is 13.9. The molecule has 0 fully saturated rings. The Hall–Kier alpha value is -1.39. The molecule has 4 heteroatoms. The molecule has 0 saturated carbocycles. The first-order valence-corrected chi connectivity index (χ1v) is 6.67. The van der Waals surface area contributed by atoms with Crippen molar-refractivity contribution in [2.75, 3.05) is 19.8 Å². The SMILES string of the molecule is CC(C)(N)COCC(=O)N1CCc2ccccc2C1. The van der Waals surface area contributed by atoms with Gasteiger partial charge in [0.1, 0.15) is 6.61 Å². The second-order valence-corrected chi connectivity index (χ2v) is 5.82. The van der Waals surface area contributed by atoms with Crippen molar-refractivity contribution in [2.45, 2.75) is 32.4 Å². The van der Waals surface area contributed by atoms with Crippen molar-refractivity contribution < 1.29 is 9.53 Å². The van der Waals surface area contributed by atoms with Gasteiger partial charge in [-0.25, -0.2) is 0 Å².